The second kappa shape index (κ2) is 9.72. The molecule has 0 aromatic heterocycles. The lowest BCUT2D eigenvalue weighted by atomic mass is 10.1. The van der Waals surface area contributed by atoms with E-state index in [1.807, 2.05) is 0 Å². The first-order valence-corrected chi connectivity index (χ1v) is 8.52. The number of benzene rings is 2. The van der Waals surface area contributed by atoms with Gasteiger partial charge in [0.25, 0.3) is 5.91 Å². The summed E-state index contributed by atoms with van der Waals surface area (Å²) in [5.41, 5.74) is 0.142. The lowest BCUT2D eigenvalue weighted by Crippen LogP contribution is -2.31. The molecule has 2 rings (SSSR count). The van der Waals surface area contributed by atoms with E-state index >= 15 is 0 Å². The number of methoxy groups -OCH3 is 3. The van der Waals surface area contributed by atoms with Gasteiger partial charge < -0.3 is 24.3 Å². The van der Waals surface area contributed by atoms with Crippen LogP contribution in [0.1, 0.15) is 28.9 Å². The highest BCUT2D eigenvalue weighted by molar-refractivity contribution is 5.95. The Morgan fingerprint density at radius 1 is 0.966 bits per heavy atom. The number of halogens is 2. The maximum Gasteiger partial charge on any atom is 0.342 e. The average molecular weight is 409 g/mol. The van der Waals surface area contributed by atoms with Gasteiger partial charge in [0.15, 0.2) is 18.1 Å². The molecule has 7 nitrogen and oxygen atoms in total. The molecule has 156 valence electrons. The molecule has 0 saturated carbocycles. The third-order valence-electron chi connectivity index (χ3n) is 4.07. The standard InChI is InChI=1S/C20H21F2NO6/c1-11(13-6-5-12(21)7-15(13)22)23-19(24)10-29-20(25)14-8-17(27-3)18(28-4)9-16(14)26-2/h5-9,11H,10H2,1-4H3,(H,23,24)/t11-/m1/s1. The van der Waals surface area contributed by atoms with Crippen LogP contribution in [0.5, 0.6) is 17.2 Å². The van der Waals surface area contributed by atoms with Crippen LogP contribution in [0.15, 0.2) is 30.3 Å². The number of ether oxygens (including phenoxy) is 4. The van der Waals surface area contributed by atoms with Gasteiger partial charge in [-0.3, -0.25) is 4.79 Å². The van der Waals surface area contributed by atoms with Gasteiger partial charge in [0.2, 0.25) is 0 Å². The minimum atomic E-state index is -0.821. The summed E-state index contributed by atoms with van der Waals surface area (Å²) in [5.74, 6) is -2.17. The van der Waals surface area contributed by atoms with Crippen molar-refractivity contribution >= 4 is 11.9 Å². The molecule has 1 N–H and O–H groups in total. The first-order valence-electron chi connectivity index (χ1n) is 8.52. The largest absolute Gasteiger partial charge is 0.496 e. The van der Waals surface area contributed by atoms with E-state index in [2.05, 4.69) is 5.32 Å². The number of hydrogen-bond donors (Lipinski definition) is 1. The lowest BCUT2D eigenvalue weighted by molar-refractivity contribution is -0.124. The van der Waals surface area contributed by atoms with E-state index in [-0.39, 0.29) is 22.6 Å². The van der Waals surface area contributed by atoms with Gasteiger partial charge in [-0.15, -0.1) is 0 Å². The molecule has 0 bridgehead atoms. The van der Waals surface area contributed by atoms with E-state index in [1.165, 1.54) is 46.5 Å². The molecule has 1 amide bonds. The Kier molecular flexibility index (Phi) is 7.35. The van der Waals surface area contributed by atoms with Crippen molar-refractivity contribution < 1.29 is 37.3 Å². The Hall–Kier alpha value is -3.36. The van der Waals surface area contributed by atoms with Crippen LogP contribution in [0.3, 0.4) is 0 Å². The molecule has 0 aliphatic heterocycles. The fourth-order valence-electron chi connectivity index (χ4n) is 2.61. The van der Waals surface area contributed by atoms with Crippen LogP contribution >= 0.6 is 0 Å². The zero-order valence-corrected chi connectivity index (χ0v) is 16.4. The first kappa shape index (κ1) is 21.9. The predicted molar refractivity (Wildman–Crippen MR) is 99.3 cm³/mol. The van der Waals surface area contributed by atoms with Crippen molar-refractivity contribution in [2.24, 2.45) is 0 Å². The summed E-state index contributed by atoms with van der Waals surface area (Å²) in [7, 11) is 4.21. The van der Waals surface area contributed by atoms with E-state index in [1.54, 1.807) is 0 Å². The second-order valence-electron chi connectivity index (χ2n) is 5.94. The molecule has 0 radical (unpaired) electrons. The summed E-state index contributed by atoms with van der Waals surface area (Å²) in [4.78, 5) is 24.4. The van der Waals surface area contributed by atoms with Crippen LogP contribution < -0.4 is 19.5 Å². The zero-order chi connectivity index (χ0) is 21.6. The maximum atomic E-state index is 13.8. The van der Waals surface area contributed by atoms with E-state index in [4.69, 9.17) is 18.9 Å². The second-order valence-corrected chi connectivity index (χ2v) is 5.94. The monoisotopic (exact) mass is 409 g/mol. The normalized spacial score (nSPS) is 11.4. The number of nitrogens with one attached hydrogen (secondary N) is 1. The molecule has 0 unspecified atom stereocenters. The molecule has 0 fully saturated rings. The molecule has 0 spiro atoms. The smallest absolute Gasteiger partial charge is 0.342 e. The molecule has 0 aliphatic rings. The Bertz CT molecular complexity index is 903. The Balaban J connectivity index is 2.04. The molecular weight excluding hydrogens is 388 g/mol. The van der Waals surface area contributed by atoms with Crippen LogP contribution in [0.25, 0.3) is 0 Å². The topological polar surface area (TPSA) is 83.1 Å². The number of amides is 1. The molecule has 1 atom stereocenters. The summed E-state index contributed by atoms with van der Waals surface area (Å²) >= 11 is 0. The summed E-state index contributed by atoms with van der Waals surface area (Å²) in [6, 6.07) is 5.11. The van der Waals surface area contributed by atoms with Crippen molar-refractivity contribution in [3.63, 3.8) is 0 Å². The first-order chi connectivity index (χ1) is 13.8. The third kappa shape index (κ3) is 5.34. The van der Waals surface area contributed by atoms with Crippen LogP contribution in [-0.4, -0.2) is 39.8 Å². The lowest BCUT2D eigenvalue weighted by Gasteiger charge is -2.16. The van der Waals surface area contributed by atoms with E-state index in [9.17, 15) is 18.4 Å². The van der Waals surface area contributed by atoms with Gasteiger partial charge in [-0.2, -0.15) is 0 Å². The molecule has 2 aromatic carbocycles. The Labute approximate surface area is 166 Å². The third-order valence-corrected chi connectivity index (χ3v) is 4.07. The highest BCUT2D eigenvalue weighted by Crippen LogP contribution is 2.34. The molecule has 9 heteroatoms. The number of hydrogen-bond acceptors (Lipinski definition) is 6. The van der Waals surface area contributed by atoms with Crippen LogP contribution in [0.2, 0.25) is 0 Å². The minimum absolute atomic E-state index is 0.0376. The maximum absolute atomic E-state index is 13.8. The zero-order valence-electron chi connectivity index (χ0n) is 16.4. The summed E-state index contributed by atoms with van der Waals surface area (Å²) in [5, 5.41) is 2.48. The fourth-order valence-corrected chi connectivity index (χ4v) is 2.61. The van der Waals surface area contributed by atoms with Crippen molar-refractivity contribution in [1.29, 1.82) is 0 Å². The number of carbonyl (C=O) groups excluding carboxylic acids is 2. The van der Waals surface area contributed by atoms with Crippen molar-refractivity contribution in [1.82, 2.24) is 5.32 Å². The van der Waals surface area contributed by atoms with E-state index < -0.39 is 36.2 Å². The number of rotatable bonds is 8. The predicted octanol–water partition coefficient (Wildman–Crippen LogP) is 3.02. The summed E-state index contributed by atoms with van der Waals surface area (Å²) < 4.78 is 47.2. The van der Waals surface area contributed by atoms with Gasteiger partial charge in [-0.05, 0) is 13.0 Å². The average Bonchev–Trinajstić information content (AvgIpc) is 2.70. The summed E-state index contributed by atoms with van der Waals surface area (Å²) in [6.45, 7) is 0.914. The molecule has 0 saturated heterocycles. The quantitative estimate of drug-likeness (QED) is 0.675. The van der Waals surface area contributed by atoms with Gasteiger partial charge in [-0.25, -0.2) is 13.6 Å². The van der Waals surface area contributed by atoms with Crippen molar-refractivity contribution in [3.05, 3.63) is 53.1 Å². The molecular formula is C20H21F2NO6. The van der Waals surface area contributed by atoms with Crippen LogP contribution in [0, 0.1) is 11.6 Å². The fraction of sp³-hybridized carbons (Fsp3) is 0.300. The minimum Gasteiger partial charge on any atom is -0.496 e. The van der Waals surface area contributed by atoms with Crippen LogP contribution in [-0.2, 0) is 9.53 Å². The van der Waals surface area contributed by atoms with E-state index in [0.717, 1.165) is 12.1 Å². The van der Waals surface area contributed by atoms with Crippen molar-refractivity contribution in [3.8, 4) is 17.2 Å². The highest BCUT2D eigenvalue weighted by Gasteiger charge is 2.21. The van der Waals surface area contributed by atoms with Gasteiger partial charge in [-0.1, -0.05) is 6.07 Å². The molecule has 0 heterocycles. The van der Waals surface area contributed by atoms with Gasteiger partial charge in [0.1, 0.15) is 22.9 Å². The molecule has 0 aliphatic carbocycles. The highest BCUT2D eigenvalue weighted by atomic mass is 19.1. The Morgan fingerprint density at radius 2 is 1.59 bits per heavy atom. The molecule has 29 heavy (non-hydrogen) atoms. The number of esters is 1. The SMILES string of the molecule is COc1cc(OC)c(C(=O)OCC(=O)N[C@H](C)c2ccc(F)cc2F)cc1OC. The van der Waals surface area contributed by atoms with Crippen molar-refractivity contribution in [2.45, 2.75) is 13.0 Å². The van der Waals surface area contributed by atoms with Gasteiger partial charge in [0.05, 0.1) is 27.4 Å². The Morgan fingerprint density at radius 3 is 2.17 bits per heavy atom. The van der Waals surface area contributed by atoms with Gasteiger partial charge >= 0.3 is 5.97 Å². The summed E-state index contributed by atoms with van der Waals surface area (Å²) in [6.07, 6.45) is 0. The van der Waals surface area contributed by atoms with Gasteiger partial charge in [0, 0.05) is 23.8 Å². The van der Waals surface area contributed by atoms with E-state index in [0.29, 0.717) is 5.75 Å². The van der Waals surface area contributed by atoms with Crippen molar-refractivity contribution in [2.75, 3.05) is 27.9 Å². The molecule has 2 aromatic rings. The van der Waals surface area contributed by atoms with Crippen LogP contribution in [0.4, 0.5) is 8.78 Å². The number of carbonyl (C=O) groups is 2.